The van der Waals surface area contributed by atoms with Crippen molar-refractivity contribution in [1.29, 1.82) is 0 Å². The SMILES string of the molecule is I.c1coc(CCNC(=NCC2(N3CCOCC3)CCCCC2)NCC2CCCO2)c1. The number of hydrogen-bond acceptors (Lipinski definition) is 5. The zero-order valence-electron chi connectivity index (χ0n) is 18.7. The van der Waals surface area contributed by atoms with Crippen LogP contribution in [0.25, 0.3) is 0 Å². The number of rotatable bonds is 8. The number of nitrogens with zero attached hydrogens (tertiary/aromatic N) is 2. The highest BCUT2D eigenvalue weighted by Gasteiger charge is 2.38. The van der Waals surface area contributed by atoms with Gasteiger partial charge in [-0.1, -0.05) is 19.3 Å². The lowest BCUT2D eigenvalue weighted by Gasteiger charge is -2.47. The smallest absolute Gasteiger partial charge is 0.191 e. The van der Waals surface area contributed by atoms with Crippen molar-refractivity contribution >= 4 is 29.9 Å². The van der Waals surface area contributed by atoms with E-state index in [9.17, 15) is 0 Å². The molecule has 2 aliphatic heterocycles. The van der Waals surface area contributed by atoms with Crippen LogP contribution in [0.4, 0.5) is 0 Å². The van der Waals surface area contributed by atoms with Gasteiger partial charge in [0.05, 0.1) is 32.1 Å². The van der Waals surface area contributed by atoms with Crippen molar-refractivity contribution in [1.82, 2.24) is 15.5 Å². The predicted octanol–water partition coefficient (Wildman–Crippen LogP) is 3.19. The van der Waals surface area contributed by atoms with E-state index in [-0.39, 0.29) is 29.5 Å². The number of aliphatic imine (C=N–C) groups is 1. The summed E-state index contributed by atoms with van der Waals surface area (Å²) in [5.41, 5.74) is 0.182. The molecule has 2 N–H and O–H groups in total. The molecule has 3 aliphatic rings. The highest BCUT2D eigenvalue weighted by molar-refractivity contribution is 14.0. The van der Waals surface area contributed by atoms with Gasteiger partial charge >= 0.3 is 0 Å². The van der Waals surface area contributed by atoms with E-state index in [1.165, 1.54) is 32.1 Å². The molecule has 1 aromatic rings. The standard InChI is InChI=1S/C23H38N4O3.HI/c1-2-9-23(10-3-1,27-12-16-28-17-13-27)19-26-22(25-18-21-7-5-15-30-21)24-11-8-20-6-4-14-29-20;/h4,6,14,21H,1-3,5,7-13,15-19H2,(H2,24,25,26);1H. The van der Waals surface area contributed by atoms with Gasteiger partial charge in [0.1, 0.15) is 5.76 Å². The summed E-state index contributed by atoms with van der Waals surface area (Å²) >= 11 is 0. The Morgan fingerprint density at radius 2 is 1.94 bits per heavy atom. The minimum absolute atomic E-state index is 0. The number of ether oxygens (including phenoxy) is 2. The second-order valence-corrected chi connectivity index (χ2v) is 8.82. The summed E-state index contributed by atoms with van der Waals surface area (Å²) in [6.07, 6.45) is 11.6. The van der Waals surface area contributed by atoms with Gasteiger partial charge in [-0.05, 0) is 37.8 Å². The fraction of sp³-hybridized carbons (Fsp3) is 0.783. The maximum Gasteiger partial charge on any atom is 0.191 e. The van der Waals surface area contributed by atoms with Gasteiger partial charge in [-0.2, -0.15) is 0 Å². The van der Waals surface area contributed by atoms with E-state index in [2.05, 4.69) is 15.5 Å². The maximum absolute atomic E-state index is 5.79. The molecule has 3 heterocycles. The van der Waals surface area contributed by atoms with Gasteiger partial charge < -0.3 is 24.5 Å². The molecule has 0 bridgehead atoms. The zero-order chi connectivity index (χ0) is 20.5. The fourth-order valence-electron chi connectivity index (χ4n) is 5.00. The third-order valence-electron chi connectivity index (χ3n) is 6.76. The Morgan fingerprint density at radius 1 is 1.10 bits per heavy atom. The molecule has 7 nitrogen and oxygen atoms in total. The van der Waals surface area contributed by atoms with Crippen LogP contribution in [0.3, 0.4) is 0 Å². The molecule has 1 unspecified atom stereocenters. The monoisotopic (exact) mass is 546 g/mol. The minimum Gasteiger partial charge on any atom is -0.469 e. The number of nitrogens with one attached hydrogen (secondary N) is 2. The molecule has 31 heavy (non-hydrogen) atoms. The average Bonchev–Trinajstić information content (AvgIpc) is 3.51. The molecule has 3 fully saturated rings. The Hall–Kier alpha value is -0.840. The lowest BCUT2D eigenvalue weighted by molar-refractivity contribution is -0.0333. The summed E-state index contributed by atoms with van der Waals surface area (Å²) in [5, 5.41) is 7.06. The molecule has 176 valence electrons. The predicted molar refractivity (Wildman–Crippen MR) is 133 cm³/mol. The van der Waals surface area contributed by atoms with E-state index < -0.39 is 0 Å². The Bertz CT molecular complexity index is 637. The van der Waals surface area contributed by atoms with E-state index in [1.807, 2.05) is 12.1 Å². The summed E-state index contributed by atoms with van der Waals surface area (Å²) in [4.78, 5) is 7.75. The number of hydrogen-bond donors (Lipinski definition) is 2. The average molecular weight is 546 g/mol. The van der Waals surface area contributed by atoms with E-state index in [0.717, 1.165) is 83.5 Å². The molecule has 0 aromatic carbocycles. The summed E-state index contributed by atoms with van der Waals surface area (Å²) in [6.45, 7) is 7.08. The van der Waals surface area contributed by atoms with Gasteiger partial charge in [0.15, 0.2) is 5.96 Å². The molecule has 1 aliphatic carbocycles. The molecule has 0 amide bonds. The van der Waals surface area contributed by atoms with Gasteiger partial charge in [-0.3, -0.25) is 9.89 Å². The Balaban J connectivity index is 0.00000272. The minimum atomic E-state index is 0. The van der Waals surface area contributed by atoms with Crippen LogP contribution >= 0.6 is 24.0 Å². The molecule has 8 heteroatoms. The Morgan fingerprint density at radius 3 is 2.65 bits per heavy atom. The molecule has 1 atom stereocenters. The molecule has 0 radical (unpaired) electrons. The van der Waals surface area contributed by atoms with E-state index in [1.54, 1.807) is 6.26 Å². The van der Waals surface area contributed by atoms with Gasteiger partial charge in [0, 0.05) is 44.7 Å². The van der Waals surface area contributed by atoms with Crippen molar-refractivity contribution in [3.05, 3.63) is 24.2 Å². The Labute approximate surface area is 203 Å². The third kappa shape index (κ3) is 7.33. The van der Waals surface area contributed by atoms with E-state index in [4.69, 9.17) is 18.9 Å². The first kappa shape index (κ1) is 24.8. The van der Waals surface area contributed by atoms with Crippen molar-refractivity contribution < 1.29 is 13.9 Å². The van der Waals surface area contributed by atoms with Crippen LogP contribution in [0, 0.1) is 0 Å². The first-order valence-electron chi connectivity index (χ1n) is 11.8. The van der Waals surface area contributed by atoms with Gasteiger partial charge in [0.25, 0.3) is 0 Å². The third-order valence-corrected chi connectivity index (χ3v) is 6.76. The lowest BCUT2D eigenvalue weighted by atomic mass is 9.80. The van der Waals surface area contributed by atoms with Crippen LogP contribution in [0.1, 0.15) is 50.7 Å². The van der Waals surface area contributed by atoms with Crippen LogP contribution in [-0.4, -0.2) is 75.0 Å². The zero-order valence-corrected chi connectivity index (χ0v) is 21.0. The van der Waals surface area contributed by atoms with E-state index >= 15 is 0 Å². The van der Waals surface area contributed by atoms with Crippen molar-refractivity contribution in [2.45, 2.75) is 63.0 Å². The van der Waals surface area contributed by atoms with Crippen LogP contribution in [0.15, 0.2) is 27.8 Å². The van der Waals surface area contributed by atoms with Gasteiger partial charge in [-0.15, -0.1) is 24.0 Å². The molecular weight excluding hydrogens is 507 g/mol. The van der Waals surface area contributed by atoms with Crippen LogP contribution in [0.5, 0.6) is 0 Å². The summed E-state index contributed by atoms with van der Waals surface area (Å²) in [5.74, 6) is 1.90. The lowest BCUT2D eigenvalue weighted by Crippen LogP contribution is -2.56. The topological polar surface area (TPSA) is 71.3 Å². The molecule has 1 aromatic heterocycles. The molecule has 0 spiro atoms. The number of furan rings is 1. The largest absolute Gasteiger partial charge is 0.469 e. The van der Waals surface area contributed by atoms with Crippen LogP contribution < -0.4 is 10.6 Å². The van der Waals surface area contributed by atoms with Crippen molar-refractivity contribution in [3.8, 4) is 0 Å². The van der Waals surface area contributed by atoms with Crippen molar-refractivity contribution in [3.63, 3.8) is 0 Å². The molecule has 2 saturated heterocycles. The quantitative estimate of drug-likeness (QED) is 0.297. The first-order chi connectivity index (χ1) is 14.8. The molecular formula is C23H39IN4O3. The first-order valence-corrected chi connectivity index (χ1v) is 11.8. The highest BCUT2D eigenvalue weighted by Crippen LogP contribution is 2.34. The summed E-state index contributed by atoms with van der Waals surface area (Å²) < 4.78 is 16.9. The maximum atomic E-state index is 5.79. The van der Waals surface area contributed by atoms with Crippen molar-refractivity contribution in [2.24, 2.45) is 4.99 Å². The summed E-state index contributed by atoms with van der Waals surface area (Å²) in [7, 11) is 0. The second kappa shape index (κ2) is 13.0. The summed E-state index contributed by atoms with van der Waals surface area (Å²) in [6, 6.07) is 3.96. The number of guanidine groups is 1. The fourth-order valence-corrected chi connectivity index (χ4v) is 5.00. The van der Waals surface area contributed by atoms with E-state index in [0.29, 0.717) is 6.10 Å². The van der Waals surface area contributed by atoms with Gasteiger partial charge in [0.2, 0.25) is 0 Å². The highest BCUT2D eigenvalue weighted by atomic mass is 127. The molecule has 1 saturated carbocycles. The van der Waals surface area contributed by atoms with Crippen LogP contribution in [-0.2, 0) is 15.9 Å². The Kier molecular flexibility index (Phi) is 10.4. The number of halogens is 1. The van der Waals surface area contributed by atoms with Crippen molar-refractivity contribution in [2.75, 3.05) is 52.5 Å². The molecule has 4 rings (SSSR count). The van der Waals surface area contributed by atoms with Gasteiger partial charge in [-0.25, -0.2) is 0 Å². The number of morpholine rings is 1. The van der Waals surface area contributed by atoms with Crippen LogP contribution in [0.2, 0.25) is 0 Å². The normalized spacial score (nSPS) is 24.5. The second-order valence-electron chi connectivity index (χ2n) is 8.82.